The van der Waals surface area contributed by atoms with Crippen LogP contribution in [0.1, 0.15) is 11.6 Å². The zero-order chi connectivity index (χ0) is 14.4. The lowest BCUT2D eigenvalue weighted by atomic mass is 10.1. The van der Waals surface area contributed by atoms with Gasteiger partial charge in [0.05, 0.1) is 11.7 Å². The number of nitrogens with one attached hydrogen (secondary N) is 3. The number of carbonyl (C=O) groups excluding carboxylic acids is 1. The van der Waals surface area contributed by atoms with Gasteiger partial charge in [0.1, 0.15) is 6.04 Å². The maximum Gasteiger partial charge on any atom is 0.251 e. The van der Waals surface area contributed by atoms with Gasteiger partial charge in [-0.1, -0.05) is 22.0 Å². The minimum atomic E-state index is -0.407. The van der Waals surface area contributed by atoms with Gasteiger partial charge < -0.3 is 10.6 Å². The lowest BCUT2D eigenvalue weighted by Crippen LogP contribution is -2.19. The highest BCUT2D eigenvalue weighted by atomic mass is 79.9. The lowest BCUT2D eigenvalue weighted by Gasteiger charge is -2.14. The van der Waals surface area contributed by atoms with Crippen molar-refractivity contribution in [1.82, 2.24) is 10.2 Å². The van der Waals surface area contributed by atoms with E-state index in [1.54, 1.807) is 6.20 Å². The van der Waals surface area contributed by atoms with Gasteiger partial charge in [-0.25, -0.2) is 0 Å². The zero-order valence-electron chi connectivity index (χ0n) is 10.9. The zero-order valence-corrected chi connectivity index (χ0v) is 12.4. The molecule has 104 valence electrons. The smallest absolute Gasteiger partial charge is 0.251 e. The van der Waals surface area contributed by atoms with E-state index in [0.717, 1.165) is 32.3 Å². The van der Waals surface area contributed by atoms with Crippen LogP contribution in [0.2, 0.25) is 0 Å². The summed E-state index contributed by atoms with van der Waals surface area (Å²) in [5.74, 6) is -0.0541. The molecule has 6 heteroatoms. The Labute approximate surface area is 128 Å². The molecule has 0 fully saturated rings. The molecule has 0 aliphatic carbocycles. The van der Waals surface area contributed by atoms with E-state index in [4.69, 9.17) is 0 Å². The van der Waals surface area contributed by atoms with Gasteiger partial charge >= 0.3 is 0 Å². The number of aromatic nitrogens is 2. The molecule has 1 aromatic heterocycles. The number of hydrogen-bond donors (Lipinski definition) is 3. The maximum absolute atomic E-state index is 12.2. The van der Waals surface area contributed by atoms with Crippen LogP contribution < -0.4 is 10.6 Å². The van der Waals surface area contributed by atoms with Gasteiger partial charge in [0.15, 0.2) is 0 Å². The van der Waals surface area contributed by atoms with Crippen molar-refractivity contribution in [3.8, 4) is 0 Å². The first-order valence-electron chi connectivity index (χ1n) is 6.51. The van der Waals surface area contributed by atoms with E-state index < -0.39 is 6.04 Å². The fraction of sp³-hybridized carbons (Fsp3) is 0.0667. The summed E-state index contributed by atoms with van der Waals surface area (Å²) in [7, 11) is 0. The van der Waals surface area contributed by atoms with Gasteiger partial charge in [-0.3, -0.25) is 9.89 Å². The van der Waals surface area contributed by atoms with Gasteiger partial charge in [0, 0.05) is 26.8 Å². The Balaban J connectivity index is 1.73. The molecule has 1 aliphatic heterocycles. The van der Waals surface area contributed by atoms with E-state index >= 15 is 0 Å². The molecule has 0 saturated carbocycles. The highest BCUT2D eigenvalue weighted by molar-refractivity contribution is 9.10. The Hall–Kier alpha value is -2.34. The normalized spacial score (nSPS) is 16.8. The third kappa shape index (κ3) is 1.99. The van der Waals surface area contributed by atoms with Crippen LogP contribution in [-0.2, 0) is 4.79 Å². The Kier molecular flexibility index (Phi) is 2.71. The second-order valence-electron chi connectivity index (χ2n) is 4.94. The Morgan fingerprint density at radius 2 is 2.14 bits per heavy atom. The molecule has 0 radical (unpaired) electrons. The van der Waals surface area contributed by atoms with E-state index in [-0.39, 0.29) is 5.91 Å². The molecule has 21 heavy (non-hydrogen) atoms. The van der Waals surface area contributed by atoms with Crippen molar-refractivity contribution >= 4 is 44.1 Å². The van der Waals surface area contributed by atoms with E-state index in [2.05, 4.69) is 36.8 Å². The van der Waals surface area contributed by atoms with Gasteiger partial charge in [-0.2, -0.15) is 5.10 Å². The average Bonchev–Trinajstić information content (AvgIpc) is 3.04. The van der Waals surface area contributed by atoms with Gasteiger partial charge in [-0.05, 0) is 30.3 Å². The second kappa shape index (κ2) is 4.60. The molecule has 2 aromatic carbocycles. The number of amides is 1. The first-order chi connectivity index (χ1) is 10.2. The topological polar surface area (TPSA) is 69.8 Å². The summed E-state index contributed by atoms with van der Waals surface area (Å²) in [5, 5.41) is 14.1. The maximum atomic E-state index is 12.2. The van der Waals surface area contributed by atoms with E-state index in [1.165, 1.54) is 0 Å². The van der Waals surface area contributed by atoms with Crippen molar-refractivity contribution in [2.24, 2.45) is 0 Å². The predicted molar refractivity (Wildman–Crippen MR) is 85.2 cm³/mol. The van der Waals surface area contributed by atoms with Gasteiger partial charge in [-0.15, -0.1) is 0 Å². The summed E-state index contributed by atoms with van der Waals surface area (Å²) in [6.07, 6.45) is 1.77. The standard InChI is InChI=1S/C15H11BrN4O/c16-10-2-1-3-11-13(10)14(15(21)19-11)18-9-5-4-8-7-17-20-12(8)6-9/h1-7,14,18H,(H,17,20)(H,19,21). The molecule has 1 aliphatic rings. The molecule has 3 N–H and O–H groups in total. The van der Waals surface area contributed by atoms with Crippen molar-refractivity contribution in [1.29, 1.82) is 0 Å². The largest absolute Gasteiger partial charge is 0.370 e. The van der Waals surface area contributed by atoms with Gasteiger partial charge in [0.2, 0.25) is 0 Å². The van der Waals surface area contributed by atoms with Crippen LogP contribution in [-0.4, -0.2) is 16.1 Å². The average molecular weight is 343 g/mol. The number of benzene rings is 2. The van der Waals surface area contributed by atoms with Gasteiger partial charge in [0.25, 0.3) is 5.91 Å². The van der Waals surface area contributed by atoms with Crippen LogP contribution in [0.4, 0.5) is 11.4 Å². The third-order valence-corrected chi connectivity index (χ3v) is 4.31. The molecule has 1 atom stereocenters. The van der Waals surface area contributed by atoms with E-state index in [9.17, 15) is 4.79 Å². The van der Waals surface area contributed by atoms with Crippen LogP contribution in [0.3, 0.4) is 0 Å². The molecular weight excluding hydrogens is 332 g/mol. The number of carbonyl (C=O) groups is 1. The molecule has 0 saturated heterocycles. The third-order valence-electron chi connectivity index (χ3n) is 3.61. The number of hydrogen-bond acceptors (Lipinski definition) is 3. The highest BCUT2D eigenvalue weighted by Crippen LogP contribution is 2.38. The molecule has 4 rings (SSSR count). The quantitative estimate of drug-likeness (QED) is 0.668. The van der Waals surface area contributed by atoms with Crippen molar-refractivity contribution in [3.63, 3.8) is 0 Å². The highest BCUT2D eigenvalue weighted by Gasteiger charge is 2.32. The number of halogens is 1. The summed E-state index contributed by atoms with van der Waals surface area (Å²) >= 11 is 3.51. The number of H-pyrrole nitrogens is 1. The second-order valence-corrected chi connectivity index (χ2v) is 5.79. The first kappa shape index (κ1) is 12.4. The summed E-state index contributed by atoms with van der Waals surface area (Å²) in [6, 6.07) is 11.2. The minimum absolute atomic E-state index is 0.0541. The predicted octanol–water partition coefficient (Wildman–Crippen LogP) is 3.43. The number of nitrogens with zero attached hydrogens (tertiary/aromatic N) is 1. The molecule has 5 nitrogen and oxygen atoms in total. The van der Waals surface area contributed by atoms with Crippen molar-refractivity contribution in [3.05, 3.63) is 52.6 Å². The Morgan fingerprint density at radius 1 is 1.24 bits per heavy atom. The number of anilines is 2. The number of rotatable bonds is 2. The van der Waals surface area contributed by atoms with Crippen LogP contribution in [0, 0.1) is 0 Å². The van der Waals surface area contributed by atoms with Crippen LogP contribution in [0.5, 0.6) is 0 Å². The Bertz CT molecular complexity index is 858. The molecule has 0 bridgehead atoms. The fourth-order valence-corrected chi connectivity index (χ4v) is 3.20. The number of fused-ring (bicyclic) bond motifs is 2. The van der Waals surface area contributed by atoms with Crippen LogP contribution >= 0.6 is 15.9 Å². The first-order valence-corrected chi connectivity index (χ1v) is 7.30. The Morgan fingerprint density at radius 3 is 3.05 bits per heavy atom. The molecule has 1 unspecified atom stereocenters. The summed E-state index contributed by atoms with van der Waals surface area (Å²) in [5.41, 5.74) is 3.59. The monoisotopic (exact) mass is 342 g/mol. The number of aromatic amines is 1. The van der Waals surface area contributed by atoms with Crippen molar-refractivity contribution in [2.45, 2.75) is 6.04 Å². The van der Waals surface area contributed by atoms with Crippen molar-refractivity contribution < 1.29 is 4.79 Å². The molecule has 2 heterocycles. The summed E-state index contributed by atoms with van der Waals surface area (Å²) in [6.45, 7) is 0. The fourth-order valence-electron chi connectivity index (χ4n) is 2.61. The summed E-state index contributed by atoms with van der Waals surface area (Å²) in [4.78, 5) is 12.2. The van der Waals surface area contributed by atoms with E-state index in [1.807, 2.05) is 36.4 Å². The van der Waals surface area contributed by atoms with E-state index in [0.29, 0.717) is 0 Å². The molecule has 3 aromatic rings. The van der Waals surface area contributed by atoms with Crippen LogP contribution in [0.25, 0.3) is 10.9 Å². The molecule has 0 spiro atoms. The summed E-state index contributed by atoms with van der Waals surface area (Å²) < 4.78 is 0.915. The van der Waals surface area contributed by atoms with Crippen molar-refractivity contribution in [2.75, 3.05) is 10.6 Å². The minimum Gasteiger partial charge on any atom is -0.370 e. The molecular formula is C15H11BrN4O. The lowest BCUT2D eigenvalue weighted by molar-refractivity contribution is -0.116. The molecule has 1 amide bonds. The SMILES string of the molecule is O=C1Nc2cccc(Br)c2C1Nc1ccc2cn[nH]c2c1. The van der Waals surface area contributed by atoms with Crippen LogP contribution in [0.15, 0.2) is 47.1 Å².